The van der Waals surface area contributed by atoms with Crippen LogP contribution in [0.4, 0.5) is 18.9 Å². The standard InChI is InChI=1S/C23H29F3IN3O/c24-23(25,26)13-30-20-3-1-2-19(18(20)12-21(30)27)28-16-4-6-17(7-5-16)29-10-8-22(9-11-29)14-31-15-22/h1-3,12,16-17,28H,4-11,13-15H2/t16-,17+. The third kappa shape index (κ3) is 4.57. The van der Waals surface area contributed by atoms with Crippen molar-refractivity contribution < 1.29 is 17.9 Å². The Bertz CT molecular complexity index is 922. The van der Waals surface area contributed by atoms with Gasteiger partial charge in [0.1, 0.15) is 6.54 Å². The number of benzene rings is 1. The SMILES string of the molecule is FC(F)(F)Cn1c(I)cc2c(N[C@H]3CC[C@@H](N4CCC5(CC4)COC5)CC3)cccc21. The van der Waals surface area contributed by atoms with Crippen molar-refractivity contribution in [2.75, 3.05) is 31.6 Å². The van der Waals surface area contributed by atoms with Gasteiger partial charge < -0.3 is 19.5 Å². The van der Waals surface area contributed by atoms with E-state index < -0.39 is 12.7 Å². The Balaban J connectivity index is 1.21. The Morgan fingerprint density at radius 2 is 1.81 bits per heavy atom. The van der Waals surface area contributed by atoms with Gasteiger partial charge in [-0.2, -0.15) is 13.2 Å². The highest BCUT2D eigenvalue weighted by atomic mass is 127. The summed E-state index contributed by atoms with van der Waals surface area (Å²) >= 11 is 2.00. The Labute approximate surface area is 194 Å². The van der Waals surface area contributed by atoms with Gasteiger partial charge in [0.15, 0.2) is 0 Å². The number of rotatable bonds is 4. The third-order valence-electron chi connectivity index (χ3n) is 7.48. The number of fused-ring (bicyclic) bond motifs is 1. The van der Waals surface area contributed by atoms with Crippen LogP contribution < -0.4 is 5.32 Å². The zero-order valence-electron chi connectivity index (χ0n) is 17.6. The molecule has 1 saturated carbocycles. The van der Waals surface area contributed by atoms with Crippen LogP contribution in [0.3, 0.4) is 0 Å². The second kappa shape index (κ2) is 8.41. The first-order valence-electron chi connectivity index (χ1n) is 11.2. The maximum atomic E-state index is 13.0. The number of piperidine rings is 1. The van der Waals surface area contributed by atoms with E-state index >= 15 is 0 Å². The van der Waals surface area contributed by atoms with Crippen LogP contribution in [0, 0.1) is 9.12 Å². The molecule has 1 aromatic carbocycles. The van der Waals surface area contributed by atoms with Crippen molar-refractivity contribution >= 4 is 39.2 Å². The maximum absolute atomic E-state index is 13.0. The molecule has 2 aromatic rings. The van der Waals surface area contributed by atoms with Crippen molar-refractivity contribution in [2.24, 2.45) is 5.41 Å². The molecule has 0 amide bonds. The first-order valence-corrected chi connectivity index (χ1v) is 12.3. The Morgan fingerprint density at radius 1 is 1.10 bits per heavy atom. The average Bonchev–Trinajstić information content (AvgIpc) is 3.03. The van der Waals surface area contributed by atoms with E-state index in [4.69, 9.17) is 4.74 Å². The van der Waals surface area contributed by atoms with Gasteiger partial charge in [0.25, 0.3) is 0 Å². The lowest BCUT2D eigenvalue weighted by molar-refractivity contribution is -0.143. The summed E-state index contributed by atoms with van der Waals surface area (Å²) in [5.41, 5.74) is 2.07. The van der Waals surface area contributed by atoms with E-state index in [-0.39, 0.29) is 0 Å². The molecule has 2 aliphatic heterocycles. The highest BCUT2D eigenvalue weighted by molar-refractivity contribution is 14.1. The molecule has 8 heteroatoms. The number of nitrogens with zero attached hydrogens (tertiary/aromatic N) is 2. The summed E-state index contributed by atoms with van der Waals surface area (Å²) in [4.78, 5) is 2.68. The van der Waals surface area contributed by atoms with Crippen molar-refractivity contribution in [3.63, 3.8) is 0 Å². The molecule has 3 fully saturated rings. The summed E-state index contributed by atoms with van der Waals surface area (Å²) in [6, 6.07) is 8.54. The fourth-order valence-corrected chi connectivity index (χ4v) is 6.31. The van der Waals surface area contributed by atoms with Crippen LogP contribution in [0.5, 0.6) is 0 Å². The number of alkyl halides is 3. The number of nitrogens with one attached hydrogen (secondary N) is 1. The Kier molecular flexibility index (Phi) is 5.92. The van der Waals surface area contributed by atoms with Gasteiger partial charge in [0.2, 0.25) is 0 Å². The molecule has 1 aromatic heterocycles. The number of likely N-dealkylation sites (tertiary alicyclic amines) is 1. The first-order chi connectivity index (χ1) is 14.8. The predicted octanol–water partition coefficient (Wildman–Crippen LogP) is 5.64. The molecule has 3 heterocycles. The van der Waals surface area contributed by atoms with Crippen molar-refractivity contribution in [2.45, 2.75) is 63.3 Å². The monoisotopic (exact) mass is 547 g/mol. The van der Waals surface area contributed by atoms with Crippen LogP contribution >= 0.6 is 22.6 Å². The average molecular weight is 547 g/mol. The molecule has 0 atom stereocenters. The number of hydrogen-bond acceptors (Lipinski definition) is 3. The molecule has 0 bridgehead atoms. The molecule has 5 rings (SSSR count). The van der Waals surface area contributed by atoms with E-state index in [9.17, 15) is 13.2 Å². The zero-order chi connectivity index (χ0) is 21.6. The Hall–Kier alpha value is -1.00. The van der Waals surface area contributed by atoms with Gasteiger partial charge in [0, 0.05) is 28.6 Å². The lowest BCUT2D eigenvalue weighted by Gasteiger charge is -2.49. The Morgan fingerprint density at radius 3 is 2.42 bits per heavy atom. The molecule has 1 N–H and O–H groups in total. The second-order valence-corrected chi connectivity index (χ2v) is 10.7. The molecule has 0 radical (unpaired) electrons. The van der Waals surface area contributed by atoms with Crippen LogP contribution in [0.1, 0.15) is 38.5 Å². The summed E-state index contributed by atoms with van der Waals surface area (Å²) in [6.45, 7) is 3.33. The summed E-state index contributed by atoms with van der Waals surface area (Å²) < 4.78 is 46.4. The first kappa shape index (κ1) is 21.8. The van der Waals surface area contributed by atoms with Crippen molar-refractivity contribution in [1.29, 1.82) is 0 Å². The van der Waals surface area contributed by atoms with E-state index in [1.54, 1.807) is 6.07 Å². The van der Waals surface area contributed by atoms with Gasteiger partial charge >= 0.3 is 6.18 Å². The minimum atomic E-state index is -4.23. The molecule has 3 aliphatic rings. The fourth-order valence-electron chi connectivity index (χ4n) is 5.57. The highest BCUT2D eigenvalue weighted by Gasteiger charge is 2.42. The van der Waals surface area contributed by atoms with Gasteiger partial charge in [-0.25, -0.2) is 0 Å². The van der Waals surface area contributed by atoms with Crippen LogP contribution in [0.25, 0.3) is 10.9 Å². The zero-order valence-corrected chi connectivity index (χ0v) is 19.7. The van der Waals surface area contributed by atoms with Crippen molar-refractivity contribution in [1.82, 2.24) is 9.47 Å². The summed E-state index contributed by atoms with van der Waals surface area (Å²) in [5.74, 6) is 0. The fraction of sp³-hybridized carbons (Fsp3) is 0.652. The lowest BCUT2D eigenvalue weighted by atomic mass is 9.76. The normalized spacial score (nSPS) is 26.8. The topological polar surface area (TPSA) is 29.4 Å². The molecule has 4 nitrogen and oxygen atoms in total. The maximum Gasteiger partial charge on any atom is 0.406 e. The molecule has 31 heavy (non-hydrogen) atoms. The van der Waals surface area contributed by atoms with E-state index in [1.807, 2.05) is 40.8 Å². The van der Waals surface area contributed by atoms with Crippen LogP contribution in [0.2, 0.25) is 0 Å². The molecule has 1 aliphatic carbocycles. The smallest absolute Gasteiger partial charge is 0.382 e. The molecule has 170 valence electrons. The lowest BCUT2D eigenvalue weighted by Crippen LogP contribution is -2.53. The summed E-state index contributed by atoms with van der Waals surface area (Å²) in [5, 5.41) is 4.53. The predicted molar refractivity (Wildman–Crippen MR) is 124 cm³/mol. The van der Waals surface area contributed by atoms with Gasteiger partial charge in [-0.05, 0) is 92.4 Å². The van der Waals surface area contributed by atoms with Gasteiger partial charge in [-0.1, -0.05) is 6.07 Å². The van der Waals surface area contributed by atoms with Crippen LogP contribution in [-0.4, -0.2) is 54.0 Å². The van der Waals surface area contributed by atoms with Crippen molar-refractivity contribution in [3.05, 3.63) is 28.0 Å². The molecule has 2 saturated heterocycles. The van der Waals surface area contributed by atoms with Crippen LogP contribution in [-0.2, 0) is 11.3 Å². The highest BCUT2D eigenvalue weighted by Crippen LogP contribution is 2.40. The minimum absolute atomic E-state index is 0.377. The van der Waals surface area contributed by atoms with E-state index in [0.29, 0.717) is 26.7 Å². The molecule has 0 unspecified atom stereocenters. The molecular formula is C23H29F3IN3O. The number of hydrogen-bond donors (Lipinski definition) is 1. The quantitative estimate of drug-likeness (QED) is 0.503. The minimum Gasteiger partial charge on any atom is -0.382 e. The summed E-state index contributed by atoms with van der Waals surface area (Å²) in [6.07, 6.45) is 2.88. The second-order valence-electron chi connectivity index (χ2n) is 9.59. The van der Waals surface area contributed by atoms with E-state index in [1.165, 1.54) is 43.3 Å². The molecular weight excluding hydrogens is 518 g/mol. The van der Waals surface area contributed by atoms with E-state index in [2.05, 4.69) is 10.2 Å². The largest absolute Gasteiger partial charge is 0.406 e. The summed E-state index contributed by atoms with van der Waals surface area (Å²) in [7, 11) is 0. The number of aromatic nitrogens is 1. The van der Waals surface area contributed by atoms with Crippen molar-refractivity contribution in [3.8, 4) is 0 Å². The number of halogens is 4. The number of ether oxygens (including phenoxy) is 1. The van der Waals surface area contributed by atoms with Gasteiger partial charge in [0.05, 0.1) is 22.4 Å². The van der Waals surface area contributed by atoms with Gasteiger partial charge in [-0.3, -0.25) is 0 Å². The van der Waals surface area contributed by atoms with Gasteiger partial charge in [-0.15, -0.1) is 0 Å². The number of anilines is 1. The third-order valence-corrected chi connectivity index (χ3v) is 8.37. The van der Waals surface area contributed by atoms with Crippen LogP contribution in [0.15, 0.2) is 24.3 Å². The molecule has 1 spiro atoms. The van der Waals surface area contributed by atoms with E-state index in [0.717, 1.165) is 37.1 Å².